The molecule has 0 radical (unpaired) electrons. The lowest BCUT2D eigenvalue weighted by Gasteiger charge is -2.40. The number of anilines is 1. The number of Topliss-reactive ketones (excluding diaryl/α,β-unsaturated/α-hetero) is 1. The molecule has 8 heteroatoms. The first-order chi connectivity index (χ1) is 16.8. The van der Waals surface area contributed by atoms with Crippen LogP contribution in [0.1, 0.15) is 36.8 Å². The van der Waals surface area contributed by atoms with Gasteiger partial charge in [0.25, 0.3) is 0 Å². The van der Waals surface area contributed by atoms with Crippen LogP contribution in [0.25, 0.3) is 0 Å². The number of para-hydroxylation sites is 1. The van der Waals surface area contributed by atoms with E-state index in [1.165, 1.54) is 4.90 Å². The Morgan fingerprint density at radius 1 is 1.14 bits per heavy atom. The Hall–Kier alpha value is -4.07. The highest BCUT2D eigenvalue weighted by Gasteiger charge is 2.63. The van der Waals surface area contributed by atoms with Gasteiger partial charge in [-0.3, -0.25) is 9.59 Å². The van der Waals surface area contributed by atoms with Crippen molar-refractivity contribution in [1.82, 2.24) is 0 Å². The standard InChI is InChI=1S/C27H26N2O6/c1-4-34-25(31)23-24(28)35-21-14-16(15-9-11-17(33-3)12-10-15)13-20(30)22(21)27(23)18-7-5-6-8-19(18)29(2)26(27)32/h5-12,16H,4,13-14,28H2,1-3H3/t16-,27-/m0/s1. The molecule has 0 bridgehead atoms. The van der Waals surface area contributed by atoms with E-state index in [1.54, 1.807) is 45.3 Å². The maximum absolute atomic E-state index is 14.0. The number of allylic oxidation sites excluding steroid dienone is 1. The summed E-state index contributed by atoms with van der Waals surface area (Å²) in [7, 11) is 3.22. The Balaban J connectivity index is 1.71. The minimum absolute atomic E-state index is 0.0801. The molecule has 1 aliphatic carbocycles. The minimum atomic E-state index is -1.71. The summed E-state index contributed by atoms with van der Waals surface area (Å²) in [4.78, 5) is 42.5. The van der Waals surface area contributed by atoms with Gasteiger partial charge in [-0.25, -0.2) is 4.79 Å². The Morgan fingerprint density at radius 3 is 2.54 bits per heavy atom. The van der Waals surface area contributed by atoms with E-state index in [0.29, 0.717) is 29.2 Å². The van der Waals surface area contributed by atoms with Crippen LogP contribution in [0, 0.1) is 0 Å². The van der Waals surface area contributed by atoms with E-state index in [4.69, 9.17) is 19.9 Å². The number of fused-ring (bicyclic) bond motifs is 3. The number of methoxy groups -OCH3 is 1. The van der Waals surface area contributed by atoms with Crippen molar-refractivity contribution in [1.29, 1.82) is 0 Å². The molecule has 1 amide bonds. The first-order valence-electron chi connectivity index (χ1n) is 11.5. The fourth-order valence-corrected chi connectivity index (χ4v) is 5.50. The van der Waals surface area contributed by atoms with Crippen LogP contribution in [0.5, 0.6) is 5.75 Å². The van der Waals surface area contributed by atoms with Crippen molar-refractivity contribution in [2.45, 2.75) is 31.1 Å². The molecule has 3 aliphatic rings. The van der Waals surface area contributed by atoms with Gasteiger partial charge >= 0.3 is 5.97 Å². The number of nitrogens with zero attached hydrogens (tertiary/aromatic N) is 1. The zero-order valence-corrected chi connectivity index (χ0v) is 19.8. The number of nitrogens with two attached hydrogens (primary N) is 1. The number of ether oxygens (including phenoxy) is 3. The molecule has 2 atom stereocenters. The fourth-order valence-electron chi connectivity index (χ4n) is 5.50. The highest BCUT2D eigenvalue weighted by atomic mass is 16.5. The second kappa shape index (κ2) is 8.30. The molecule has 0 fully saturated rings. The van der Waals surface area contributed by atoms with Crippen LogP contribution in [-0.2, 0) is 29.3 Å². The number of carbonyl (C=O) groups excluding carboxylic acids is 3. The number of hydrogen-bond donors (Lipinski definition) is 1. The SMILES string of the molecule is CCOC(=O)C1=C(N)OC2=C(C(=O)C[C@H](c3ccc(OC)cc3)C2)[C@]12C(=O)N(C)c1ccccc12. The summed E-state index contributed by atoms with van der Waals surface area (Å²) in [6, 6.07) is 14.6. The van der Waals surface area contributed by atoms with Crippen LogP contribution in [0.2, 0.25) is 0 Å². The number of rotatable bonds is 4. The largest absolute Gasteiger partial charge is 0.497 e. The van der Waals surface area contributed by atoms with Gasteiger partial charge in [-0.2, -0.15) is 0 Å². The molecule has 2 aromatic carbocycles. The van der Waals surface area contributed by atoms with Crippen LogP contribution in [0.15, 0.2) is 71.3 Å². The second-order valence-corrected chi connectivity index (χ2v) is 8.79. The predicted octanol–water partition coefficient (Wildman–Crippen LogP) is 3.07. The number of amides is 1. The number of ketones is 1. The summed E-state index contributed by atoms with van der Waals surface area (Å²) in [5.41, 5.74) is 6.71. The molecular weight excluding hydrogens is 448 g/mol. The summed E-state index contributed by atoms with van der Waals surface area (Å²) in [5.74, 6) is -0.844. The lowest BCUT2D eigenvalue weighted by atomic mass is 9.63. The number of carbonyl (C=O) groups is 3. The maximum atomic E-state index is 14.0. The summed E-state index contributed by atoms with van der Waals surface area (Å²) < 4.78 is 16.5. The highest BCUT2D eigenvalue weighted by molar-refractivity contribution is 6.23. The summed E-state index contributed by atoms with van der Waals surface area (Å²) in [6.07, 6.45) is 0.510. The van der Waals surface area contributed by atoms with Gasteiger partial charge in [0.05, 0.1) is 19.3 Å². The molecule has 2 heterocycles. The smallest absolute Gasteiger partial charge is 0.341 e. The van der Waals surface area contributed by atoms with Crippen LogP contribution in [-0.4, -0.2) is 38.4 Å². The van der Waals surface area contributed by atoms with Gasteiger partial charge < -0.3 is 24.8 Å². The summed E-state index contributed by atoms with van der Waals surface area (Å²) in [5, 5.41) is 0. The number of likely N-dealkylation sites (N-methyl/N-ethyl adjacent to an activating group) is 1. The second-order valence-electron chi connectivity index (χ2n) is 8.79. The van der Waals surface area contributed by atoms with Crippen LogP contribution in [0.4, 0.5) is 5.69 Å². The van der Waals surface area contributed by atoms with Crippen molar-refractivity contribution >= 4 is 23.3 Å². The van der Waals surface area contributed by atoms with Crippen molar-refractivity contribution in [3.05, 3.63) is 82.4 Å². The van der Waals surface area contributed by atoms with Crippen molar-refractivity contribution in [3.8, 4) is 5.75 Å². The number of hydrogen-bond acceptors (Lipinski definition) is 7. The molecule has 1 spiro atoms. The van der Waals surface area contributed by atoms with Crippen molar-refractivity contribution < 1.29 is 28.6 Å². The quantitative estimate of drug-likeness (QED) is 0.679. The van der Waals surface area contributed by atoms with Gasteiger partial charge in [-0.1, -0.05) is 30.3 Å². The van der Waals surface area contributed by atoms with E-state index in [1.807, 2.05) is 24.3 Å². The first-order valence-corrected chi connectivity index (χ1v) is 11.5. The molecule has 0 saturated heterocycles. The van der Waals surface area contributed by atoms with Crippen LogP contribution < -0.4 is 15.4 Å². The molecule has 2 N–H and O–H groups in total. The van der Waals surface area contributed by atoms with E-state index in [0.717, 1.165) is 5.56 Å². The lowest BCUT2D eigenvalue weighted by molar-refractivity contribution is -0.141. The van der Waals surface area contributed by atoms with E-state index in [9.17, 15) is 14.4 Å². The first kappa shape index (κ1) is 22.7. The van der Waals surface area contributed by atoms with Crippen LogP contribution >= 0.6 is 0 Å². The monoisotopic (exact) mass is 474 g/mol. The molecule has 0 aromatic heterocycles. The summed E-state index contributed by atoms with van der Waals surface area (Å²) in [6.45, 7) is 1.74. The van der Waals surface area contributed by atoms with Gasteiger partial charge in [-0.05, 0) is 36.6 Å². The molecule has 0 saturated carbocycles. The van der Waals surface area contributed by atoms with E-state index in [-0.39, 0.29) is 41.8 Å². The van der Waals surface area contributed by atoms with E-state index in [2.05, 4.69) is 0 Å². The predicted molar refractivity (Wildman–Crippen MR) is 127 cm³/mol. The molecule has 2 aromatic rings. The Kier molecular flexibility index (Phi) is 5.39. The van der Waals surface area contributed by atoms with Gasteiger partial charge in [0, 0.05) is 31.1 Å². The van der Waals surface area contributed by atoms with E-state index < -0.39 is 17.3 Å². The third-order valence-electron chi connectivity index (χ3n) is 7.01. The average Bonchev–Trinajstić information content (AvgIpc) is 3.06. The Bertz CT molecular complexity index is 1310. The molecule has 2 aliphatic heterocycles. The molecule has 0 unspecified atom stereocenters. The third-order valence-corrected chi connectivity index (χ3v) is 7.01. The van der Waals surface area contributed by atoms with Crippen molar-refractivity contribution in [2.75, 3.05) is 25.7 Å². The van der Waals surface area contributed by atoms with Crippen LogP contribution in [0.3, 0.4) is 0 Å². The van der Waals surface area contributed by atoms with Gasteiger partial charge in [0.15, 0.2) is 5.78 Å². The number of esters is 1. The topological polar surface area (TPSA) is 108 Å². The Labute approximate surface area is 202 Å². The fraction of sp³-hybridized carbons (Fsp3) is 0.296. The van der Waals surface area contributed by atoms with E-state index >= 15 is 0 Å². The van der Waals surface area contributed by atoms with Gasteiger partial charge in [0.2, 0.25) is 11.8 Å². The Morgan fingerprint density at radius 2 is 1.86 bits per heavy atom. The molecule has 5 rings (SSSR count). The average molecular weight is 475 g/mol. The lowest BCUT2D eigenvalue weighted by Crippen LogP contribution is -2.51. The molecular formula is C27H26N2O6. The normalized spacial score (nSPS) is 23.3. The summed E-state index contributed by atoms with van der Waals surface area (Å²) >= 11 is 0. The third kappa shape index (κ3) is 3.16. The molecule has 35 heavy (non-hydrogen) atoms. The molecule has 180 valence electrons. The van der Waals surface area contributed by atoms with Gasteiger partial charge in [0.1, 0.15) is 22.5 Å². The maximum Gasteiger partial charge on any atom is 0.341 e. The molecule has 8 nitrogen and oxygen atoms in total. The number of benzene rings is 2. The van der Waals surface area contributed by atoms with Crippen molar-refractivity contribution in [2.24, 2.45) is 5.73 Å². The minimum Gasteiger partial charge on any atom is -0.497 e. The van der Waals surface area contributed by atoms with Crippen molar-refractivity contribution in [3.63, 3.8) is 0 Å². The van der Waals surface area contributed by atoms with Gasteiger partial charge in [-0.15, -0.1) is 0 Å². The zero-order chi connectivity index (χ0) is 24.9. The highest BCUT2D eigenvalue weighted by Crippen LogP contribution is 2.56. The zero-order valence-electron chi connectivity index (χ0n) is 19.8.